The molecule has 0 aromatic rings. The van der Waals surface area contributed by atoms with Gasteiger partial charge in [-0.2, -0.15) is 5.26 Å². The summed E-state index contributed by atoms with van der Waals surface area (Å²) in [5.41, 5.74) is 0. The van der Waals surface area contributed by atoms with Gasteiger partial charge in [-0.25, -0.2) is 13.1 Å². The molecule has 0 amide bonds. The molecule has 1 unspecified atom stereocenters. The van der Waals surface area contributed by atoms with Crippen LogP contribution in [-0.4, -0.2) is 32.8 Å². The maximum atomic E-state index is 11.3. The summed E-state index contributed by atoms with van der Waals surface area (Å²) in [5, 5.41) is 8.32. The molecule has 0 aliphatic heterocycles. The van der Waals surface area contributed by atoms with E-state index in [9.17, 15) is 13.2 Å². The minimum Gasteiger partial charge on any atom is -0.465 e. The van der Waals surface area contributed by atoms with Gasteiger partial charge in [0.2, 0.25) is 10.0 Å². The molecule has 0 bridgehead atoms. The summed E-state index contributed by atoms with van der Waals surface area (Å²) in [4.78, 5) is 10.9. The average molecular weight is 234 g/mol. The van der Waals surface area contributed by atoms with Crippen LogP contribution in [0.3, 0.4) is 0 Å². The van der Waals surface area contributed by atoms with Crippen LogP contribution in [0, 0.1) is 11.3 Å². The van der Waals surface area contributed by atoms with Crippen molar-refractivity contribution in [1.82, 2.24) is 4.72 Å². The van der Waals surface area contributed by atoms with Crippen LogP contribution in [0.5, 0.6) is 0 Å². The van der Waals surface area contributed by atoms with Crippen molar-refractivity contribution in [1.29, 1.82) is 5.26 Å². The van der Waals surface area contributed by atoms with Crippen LogP contribution in [0.4, 0.5) is 0 Å². The van der Waals surface area contributed by atoms with Crippen molar-refractivity contribution >= 4 is 16.0 Å². The number of carbonyl (C=O) groups excluding carboxylic acids is 1. The third-order valence-electron chi connectivity index (χ3n) is 1.39. The molecule has 0 aliphatic rings. The summed E-state index contributed by atoms with van der Waals surface area (Å²) < 4.78 is 29.3. The van der Waals surface area contributed by atoms with Crippen molar-refractivity contribution < 1.29 is 17.9 Å². The van der Waals surface area contributed by atoms with Gasteiger partial charge in [-0.15, -0.1) is 0 Å². The quantitative estimate of drug-likeness (QED) is 0.640. The lowest BCUT2D eigenvalue weighted by Gasteiger charge is -2.10. The number of esters is 1. The predicted octanol–water partition coefficient (Wildman–Crippen LogP) is -0.229. The van der Waals surface area contributed by atoms with Crippen LogP contribution in [0.2, 0.25) is 0 Å². The Morgan fingerprint density at radius 1 is 1.60 bits per heavy atom. The third kappa shape index (κ3) is 6.88. The number of nitrogens with one attached hydrogen (secondary N) is 1. The second-order valence-electron chi connectivity index (χ2n) is 2.95. The number of nitriles is 1. The molecule has 0 aliphatic carbocycles. The first-order valence-corrected chi connectivity index (χ1v) is 6.09. The molecule has 0 saturated heterocycles. The smallest absolute Gasteiger partial charge is 0.322 e. The summed E-state index contributed by atoms with van der Waals surface area (Å²) in [6.07, 6.45) is 0.0576. The van der Waals surface area contributed by atoms with Gasteiger partial charge in [0, 0.05) is 6.04 Å². The maximum absolute atomic E-state index is 11.3. The van der Waals surface area contributed by atoms with Crippen molar-refractivity contribution in [2.45, 2.75) is 26.3 Å². The van der Waals surface area contributed by atoms with Crippen molar-refractivity contribution in [3.63, 3.8) is 0 Å². The van der Waals surface area contributed by atoms with E-state index in [-0.39, 0.29) is 13.0 Å². The van der Waals surface area contributed by atoms with Gasteiger partial charge in [-0.05, 0) is 13.8 Å². The molecule has 86 valence electrons. The Morgan fingerprint density at radius 2 is 2.20 bits per heavy atom. The van der Waals surface area contributed by atoms with Gasteiger partial charge in [0.05, 0.1) is 19.1 Å². The molecule has 6 nitrogen and oxygen atoms in total. The summed E-state index contributed by atoms with van der Waals surface area (Å²) >= 11 is 0. The standard InChI is InChI=1S/C8H14N2O4S/c1-3-14-8(11)6-15(12,13)10-7(2)4-5-9/h7,10H,3-4,6H2,1-2H3. The molecular formula is C8H14N2O4S. The fraction of sp³-hybridized carbons (Fsp3) is 0.750. The molecule has 0 heterocycles. The first-order chi connectivity index (χ1) is 6.91. The topological polar surface area (TPSA) is 96.3 Å². The van der Waals surface area contributed by atoms with E-state index in [2.05, 4.69) is 9.46 Å². The minimum absolute atomic E-state index is 0.0576. The Morgan fingerprint density at radius 3 is 2.67 bits per heavy atom. The summed E-state index contributed by atoms with van der Waals surface area (Å²) in [7, 11) is -3.70. The SMILES string of the molecule is CCOC(=O)CS(=O)(=O)NC(C)CC#N. The largest absolute Gasteiger partial charge is 0.465 e. The van der Waals surface area contributed by atoms with Crippen molar-refractivity contribution in [2.75, 3.05) is 12.4 Å². The Labute approximate surface area is 89.3 Å². The van der Waals surface area contributed by atoms with Crippen LogP contribution in [-0.2, 0) is 19.6 Å². The third-order valence-corrected chi connectivity index (χ3v) is 2.77. The zero-order valence-corrected chi connectivity index (χ0v) is 9.50. The van der Waals surface area contributed by atoms with Crippen LogP contribution >= 0.6 is 0 Å². The van der Waals surface area contributed by atoms with Crippen molar-refractivity contribution in [2.24, 2.45) is 0 Å². The van der Waals surface area contributed by atoms with Gasteiger partial charge in [0.15, 0.2) is 5.75 Å². The van der Waals surface area contributed by atoms with Gasteiger partial charge in [-0.1, -0.05) is 0 Å². The van der Waals surface area contributed by atoms with E-state index < -0.39 is 27.8 Å². The molecule has 0 saturated carbocycles. The van der Waals surface area contributed by atoms with Crippen molar-refractivity contribution in [3.05, 3.63) is 0 Å². The highest BCUT2D eigenvalue weighted by Crippen LogP contribution is 1.94. The van der Waals surface area contributed by atoms with Gasteiger partial charge in [-0.3, -0.25) is 4.79 Å². The van der Waals surface area contributed by atoms with Crippen LogP contribution in [0.15, 0.2) is 0 Å². The normalized spacial score (nSPS) is 12.9. The molecule has 15 heavy (non-hydrogen) atoms. The van der Waals surface area contributed by atoms with Gasteiger partial charge in [0.1, 0.15) is 0 Å². The Bertz CT molecular complexity index is 344. The highest BCUT2D eigenvalue weighted by Gasteiger charge is 2.19. The number of nitrogens with zero attached hydrogens (tertiary/aromatic N) is 1. The number of sulfonamides is 1. The van der Waals surface area contributed by atoms with Gasteiger partial charge < -0.3 is 4.74 Å². The number of hydrogen-bond acceptors (Lipinski definition) is 5. The Balaban J connectivity index is 4.20. The summed E-state index contributed by atoms with van der Waals surface area (Å²) in [5.74, 6) is -1.51. The molecule has 0 aromatic heterocycles. The Kier molecular flexibility index (Phi) is 5.89. The zero-order valence-electron chi connectivity index (χ0n) is 8.69. The van der Waals surface area contributed by atoms with Gasteiger partial charge >= 0.3 is 5.97 Å². The van der Waals surface area contributed by atoms with Gasteiger partial charge in [0.25, 0.3) is 0 Å². The lowest BCUT2D eigenvalue weighted by atomic mass is 10.3. The summed E-state index contributed by atoms with van der Waals surface area (Å²) in [6, 6.07) is 1.32. The van der Waals surface area contributed by atoms with E-state index in [0.29, 0.717) is 0 Å². The molecule has 0 fully saturated rings. The highest BCUT2D eigenvalue weighted by molar-refractivity contribution is 7.90. The van der Waals surface area contributed by atoms with E-state index in [0.717, 1.165) is 0 Å². The fourth-order valence-electron chi connectivity index (χ4n) is 0.885. The fourth-order valence-corrected chi connectivity index (χ4v) is 2.06. The van der Waals surface area contributed by atoms with E-state index in [1.807, 2.05) is 6.07 Å². The van der Waals surface area contributed by atoms with E-state index in [4.69, 9.17) is 5.26 Å². The molecule has 0 aromatic carbocycles. The second kappa shape index (κ2) is 6.37. The zero-order chi connectivity index (χ0) is 11.9. The van der Waals surface area contributed by atoms with Crippen LogP contribution < -0.4 is 4.72 Å². The van der Waals surface area contributed by atoms with Crippen LogP contribution in [0.25, 0.3) is 0 Å². The molecule has 0 spiro atoms. The second-order valence-corrected chi connectivity index (χ2v) is 4.70. The van der Waals surface area contributed by atoms with E-state index in [1.165, 1.54) is 0 Å². The lowest BCUT2D eigenvalue weighted by Crippen LogP contribution is -2.36. The van der Waals surface area contributed by atoms with Crippen molar-refractivity contribution in [3.8, 4) is 6.07 Å². The molecular weight excluding hydrogens is 220 g/mol. The monoisotopic (exact) mass is 234 g/mol. The highest BCUT2D eigenvalue weighted by atomic mass is 32.2. The summed E-state index contributed by atoms with van der Waals surface area (Å²) in [6.45, 7) is 3.28. The molecule has 1 atom stereocenters. The first kappa shape index (κ1) is 13.9. The molecule has 0 radical (unpaired) electrons. The van der Waals surface area contributed by atoms with Crippen LogP contribution in [0.1, 0.15) is 20.3 Å². The number of ether oxygens (including phenoxy) is 1. The number of carbonyl (C=O) groups is 1. The predicted molar refractivity (Wildman–Crippen MR) is 53.2 cm³/mol. The van der Waals surface area contributed by atoms with E-state index in [1.54, 1.807) is 13.8 Å². The molecule has 0 rings (SSSR count). The number of hydrogen-bond donors (Lipinski definition) is 1. The lowest BCUT2D eigenvalue weighted by molar-refractivity contribution is -0.139. The van der Waals surface area contributed by atoms with E-state index >= 15 is 0 Å². The Hall–Kier alpha value is -1.13. The maximum Gasteiger partial charge on any atom is 0.322 e. The first-order valence-electron chi connectivity index (χ1n) is 4.44. The molecule has 1 N–H and O–H groups in total. The number of rotatable bonds is 6. The average Bonchev–Trinajstić information content (AvgIpc) is 2.01. The minimum atomic E-state index is -3.70. The molecule has 7 heteroatoms.